The number of amides is 1. The zero-order chi connectivity index (χ0) is 17.8. The number of hydrogen-bond donors (Lipinski definition) is 1. The summed E-state index contributed by atoms with van der Waals surface area (Å²) >= 11 is 1.51. The molecular formula is C20H20N4OS. The molecule has 1 N–H and O–H groups in total. The number of fused-ring (bicyclic) bond motifs is 1. The monoisotopic (exact) mass is 364 g/mol. The summed E-state index contributed by atoms with van der Waals surface area (Å²) in [7, 11) is 0. The first-order chi connectivity index (χ1) is 12.8. The molecule has 2 aromatic heterocycles. The Morgan fingerprint density at radius 2 is 1.96 bits per heavy atom. The average Bonchev–Trinajstić information content (AvgIpc) is 3.14. The van der Waals surface area contributed by atoms with E-state index in [0.29, 0.717) is 11.6 Å². The van der Waals surface area contributed by atoms with Crippen molar-refractivity contribution in [3.05, 3.63) is 70.3 Å². The molecule has 0 unspecified atom stereocenters. The molecule has 132 valence electrons. The van der Waals surface area contributed by atoms with Crippen LogP contribution in [-0.4, -0.2) is 29.0 Å². The molecule has 3 heterocycles. The molecule has 1 amide bonds. The number of nitrogens with zero attached hydrogens (tertiary/aromatic N) is 3. The predicted molar refractivity (Wildman–Crippen MR) is 104 cm³/mol. The van der Waals surface area contributed by atoms with Crippen LogP contribution in [-0.2, 0) is 12.8 Å². The fourth-order valence-corrected chi connectivity index (χ4v) is 4.15. The topological polar surface area (TPSA) is 58.1 Å². The van der Waals surface area contributed by atoms with Gasteiger partial charge in [-0.25, -0.2) is 4.98 Å². The third-order valence-corrected chi connectivity index (χ3v) is 5.53. The Kier molecular flexibility index (Phi) is 4.93. The van der Waals surface area contributed by atoms with E-state index in [1.54, 1.807) is 12.4 Å². The van der Waals surface area contributed by atoms with Gasteiger partial charge < -0.3 is 10.2 Å². The standard InChI is InChI=1S/C20H20N4OS/c25-19(22-13-10-15-8-11-21-12-9-15)20-23-18-17(26-20)7-4-14-24(18)16-5-2-1-3-6-16/h1-3,5-6,8-9,11-12H,4,7,10,13-14H2,(H,22,25). The van der Waals surface area contributed by atoms with E-state index in [0.717, 1.165) is 42.9 Å². The fourth-order valence-electron chi connectivity index (χ4n) is 3.12. The van der Waals surface area contributed by atoms with Gasteiger partial charge in [-0.05, 0) is 49.1 Å². The number of pyridine rings is 1. The zero-order valence-electron chi connectivity index (χ0n) is 14.4. The number of carbonyl (C=O) groups is 1. The van der Waals surface area contributed by atoms with Gasteiger partial charge in [-0.1, -0.05) is 18.2 Å². The normalized spacial score (nSPS) is 13.3. The van der Waals surface area contributed by atoms with Crippen LogP contribution < -0.4 is 10.2 Å². The van der Waals surface area contributed by atoms with Crippen LogP contribution in [0.1, 0.15) is 26.7 Å². The maximum atomic E-state index is 12.5. The van der Waals surface area contributed by atoms with Crippen LogP contribution in [0.25, 0.3) is 0 Å². The van der Waals surface area contributed by atoms with E-state index in [4.69, 9.17) is 0 Å². The summed E-state index contributed by atoms with van der Waals surface area (Å²) in [5.74, 6) is 0.846. The third kappa shape index (κ3) is 3.60. The molecule has 26 heavy (non-hydrogen) atoms. The van der Waals surface area contributed by atoms with Crippen LogP contribution in [0.2, 0.25) is 0 Å². The summed E-state index contributed by atoms with van der Waals surface area (Å²) in [6.07, 6.45) is 6.39. The first-order valence-electron chi connectivity index (χ1n) is 8.80. The molecule has 0 atom stereocenters. The Morgan fingerprint density at radius 1 is 1.15 bits per heavy atom. The van der Waals surface area contributed by atoms with Gasteiger partial charge in [-0.2, -0.15) is 0 Å². The molecule has 4 rings (SSSR count). The Bertz CT molecular complexity index is 879. The molecule has 0 saturated heterocycles. The fraction of sp³-hybridized carbons (Fsp3) is 0.250. The molecule has 0 aliphatic carbocycles. The van der Waals surface area contributed by atoms with Crippen LogP contribution in [0.4, 0.5) is 11.5 Å². The molecule has 0 saturated carbocycles. The second-order valence-electron chi connectivity index (χ2n) is 6.22. The van der Waals surface area contributed by atoms with Gasteiger partial charge in [0, 0.05) is 36.0 Å². The molecule has 5 nitrogen and oxygen atoms in total. The summed E-state index contributed by atoms with van der Waals surface area (Å²) in [4.78, 5) is 24.6. The maximum Gasteiger partial charge on any atom is 0.280 e. The zero-order valence-corrected chi connectivity index (χ0v) is 15.2. The highest BCUT2D eigenvalue weighted by Gasteiger charge is 2.25. The Labute approximate surface area is 156 Å². The molecule has 1 aliphatic rings. The van der Waals surface area contributed by atoms with Crippen molar-refractivity contribution in [2.45, 2.75) is 19.3 Å². The first kappa shape index (κ1) is 16.7. The van der Waals surface area contributed by atoms with E-state index in [1.165, 1.54) is 16.2 Å². The molecule has 1 aliphatic heterocycles. The largest absolute Gasteiger partial charge is 0.350 e. The van der Waals surface area contributed by atoms with Crippen LogP contribution in [0.3, 0.4) is 0 Å². The summed E-state index contributed by atoms with van der Waals surface area (Å²) in [5, 5.41) is 3.53. The lowest BCUT2D eigenvalue weighted by atomic mass is 10.1. The van der Waals surface area contributed by atoms with Gasteiger partial charge in [-0.15, -0.1) is 11.3 Å². The lowest BCUT2D eigenvalue weighted by Gasteiger charge is -2.27. The van der Waals surface area contributed by atoms with E-state index in [1.807, 2.05) is 30.3 Å². The number of para-hydroxylation sites is 1. The average molecular weight is 364 g/mol. The minimum absolute atomic E-state index is 0.0912. The Morgan fingerprint density at radius 3 is 2.77 bits per heavy atom. The summed E-state index contributed by atoms with van der Waals surface area (Å²) < 4.78 is 0. The van der Waals surface area contributed by atoms with Crippen molar-refractivity contribution in [2.24, 2.45) is 0 Å². The van der Waals surface area contributed by atoms with Crippen LogP contribution in [0, 0.1) is 0 Å². The molecule has 0 spiro atoms. The highest BCUT2D eigenvalue weighted by Crippen LogP contribution is 2.36. The third-order valence-electron chi connectivity index (χ3n) is 4.43. The number of thiazole rings is 1. The molecule has 0 bridgehead atoms. The number of rotatable bonds is 5. The Balaban J connectivity index is 1.45. The second-order valence-corrected chi connectivity index (χ2v) is 7.30. The van der Waals surface area contributed by atoms with Gasteiger partial charge in [-0.3, -0.25) is 9.78 Å². The van der Waals surface area contributed by atoms with Crippen LogP contribution >= 0.6 is 11.3 Å². The lowest BCUT2D eigenvalue weighted by molar-refractivity contribution is 0.0954. The van der Waals surface area contributed by atoms with Gasteiger partial charge in [0.25, 0.3) is 5.91 Å². The van der Waals surface area contributed by atoms with Crippen molar-refractivity contribution in [1.29, 1.82) is 0 Å². The van der Waals surface area contributed by atoms with Crippen molar-refractivity contribution in [1.82, 2.24) is 15.3 Å². The molecule has 3 aromatic rings. The van der Waals surface area contributed by atoms with Gasteiger partial charge in [0.2, 0.25) is 0 Å². The Hall–Kier alpha value is -2.73. The first-order valence-corrected chi connectivity index (χ1v) is 9.62. The van der Waals surface area contributed by atoms with Crippen molar-refractivity contribution in [3.63, 3.8) is 0 Å². The van der Waals surface area contributed by atoms with Gasteiger partial charge >= 0.3 is 0 Å². The number of anilines is 2. The van der Waals surface area contributed by atoms with Gasteiger partial charge in [0.1, 0.15) is 5.82 Å². The van der Waals surface area contributed by atoms with Crippen molar-refractivity contribution >= 4 is 28.7 Å². The van der Waals surface area contributed by atoms with E-state index in [9.17, 15) is 4.79 Å². The van der Waals surface area contributed by atoms with Crippen molar-refractivity contribution in [3.8, 4) is 0 Å². The van der Waals surface area contributed by atoms with Crippen molar-refractivity contribution in [2.75, 3.05) is 18.0 Å². The molecular weight excluding hydrogens is 344 g/mol. The summed E-state index contributed by atoms with van der Waals surface area (Å²) in [6, 6.07) is 14.2. The minimum atomic E-state index is -0.0912. The summed E-state index contributed by atoms with van der Waals surface area (Å²) in [6.45, 7) is 1.53. The molecule has 1 aromatic carbocycles. The van der Waals surface area contributed by atoms with Crippen LogP contribution in [0.5, 0.6) is 0 Å². The number of aryl methyl sites for hydroxylation is 1. The van der Waals surface area contributed by atoms with E-state index in [-0.39, 0.29) is 5.91 Å². The number of carbonyl (C=O) groups excluding carboxylic acids is 1. The maximum absolute atomic E-state index is 12.5. The highest BCUT2D eigenvalue weighted by atomic mass is 32.1. The smallest absolute Gasteiger partial charge is 0.280 e. The van der Waals surface area contributed by atoms with Crippen LogP contribution in [0.15, 0.2) is 54.9 Å². The van der Waals surface area contributed by atoms with Gasteiger partial charge in [0.15, 0.2) is 5.01 Å². The molecule has 0 radical (unpaired) electrons. The molecule has 6 heteroatoms. The minimum Gasteiger partial charge on any atom is -0.350 e. The number of hydrogen-bond acceptors (Lipinski definition) is 5. The van der Waals surface area contributed by atoms with E-state index >= 15 is 0 Å². The SMILES string of the molecule is O=C(NCCc1ccncc1)c1nc2c(s1)CCCN2c1ccccc1. The predicted octanol–water partition coefficient (Wildman–Crippen LogP) is 3.59. The number of benzene rings is 1. The quantitative estimate of drug-likeness (QED) is 0.752. The summed E-state index contributed by atoms with van der Waals surface area (Å²) in [5.41, 5.74) is 2.29. The van der Waals surface area contributed by atoms with Crippen molar-refractivity contribution < 1.29 is 4.79 Å². The molecule has 0 fully saturated rings. The van der Waals surface area contributed by atoms with Gasteiger partial charge in [0.05, 0.1) is 0 Å². The van der Waals surface area contributed by atoms with E-state index < -0.39 is 0 Å². The highest BCUT2D eigenvalue weighted by molar-refractivity contribution is 7.14. The lowest BCUT2D eigenvalue weighted by Crippen LogP contribution is -2.26. The number of nitrogens with one attached hydrogen (secondary N) is 1. The number of aromatic nitrogens is 2. The second kappa shape index (κ2) is 7.66. The van der Waals surface area contributed by atoms with E-state index in [2.05, 4.69) is 32.3 Å².